The molecule has 2 saturated heterocycles. The van der Waals surface area contributed by atoms with Crippen molar-refractivity contribution in [1.29, 1.82) is 0 Å². The number of ether oxygens (including phenoxy) is 2. The first kappa shape index (κ1) is 20.4. The molecule has 2 aliphatic rings. The summed E-state index contributed by atoms with van der Waals surface area (Å²) in [7, 11) is 0. The summed E-state index contributed by atoms with van der Waals surface area (Å²) in [4.78, 5) is 22.1. The molecule has 0 saturated carbocycles. The van der Waals surface area contributed by atoms with Crippen molar-refractivity contribution in [3.63, 3.8) is 0 Å². The van der Waals surface area contributed by atoms with E-state index in [1.807, 2.05) is 35.2 Å². The van der Waals surface area contributed by atoms with Crippen molar-refractivity contribution >= 4 is 27.5 Å². The highest BCUT2D eigenvalue weighted by atomic mass is 32.1. The van der Waals surface area contributed by atoms with Crippen LogP contribution >= 0.6 is 11.3 Å². The molecule has 2 aromatic carbocycles. The van der Waals surface area contributed by atoms with Crippen LogP contribution in [-0.4, -0.2) is 66.2 Å². The van der Waals surface area contributed by atoms with E-state index in [1.165, 1.54) is 4.70 Å². The van der Waals surface area contributed by atoms with Crippen LogP contribution in [0.25, 0.3) is 10.2 Å². The highest BCUT2D eigenvalue weighted by Gasteiger charge is 2.23. The number of aromatic nitrogens is 1. The van der Waals surface area contributed by atoms with Gasteiger partial charge in [-0.05, 0) is 43.2 Å². The van der Waals surface area contributed by atoms with Gasteiger partial charge < -0.3 is 14.4 Å². The average molecular weight is 438 g/mol. The Morgan fingerprint density at radius 2 is 2.00 bits per heavy atom. The number of hydrogen-bond acceptors (Lipinski definition) is 6. The Kier molecular flexibility index (Phi) is 6.15. The molecular formula is C24H27N3O3S. The maximum Gasteiger partial charge on any atom is 0.254 e. The summed E-state index contributed by atoms with van der Waals surface area (Å²) in [5.74, 6) is 0.804. The van der Waals surface area contributed by atoms with Crippen molar-refractivity contribution in [2.45, 2.75) is 25.5 Å². The van der Waals surface area contributed by atoms with Crippen LogP contribution in [0.5, 0.6) is 5.75 Å². The Labute approximate surface area is 186 Å². The van der Waals surface area contributed by atoms with Gasteiger partial charge in [0.1, 0.15) is 17.4 Å². The molecular weight excluding hydrogens is 410 g/mol. The fourth-order valence-corrected chi connectivity index (χ4v) is 5.16. The van der Waals surface area contributed by atoms with Gasteiger partial charge in [-0.3, -0.25) is 9.69 Å². The Morgan fingerprint density at radius 3 is 2.81 bits per heavy atom. The monoisotopic (exact) mass is 437 g/mol. The van der Waals surface area contributed by atoms with E-state index in [2.05, 4.69) is 23.1 Å². The second kappa shape index (κ2) is 9.34. The smallest absolute Gasteiger partial charge is 0.254 e. The van der Waals surface area contributed by atoms with Gasteiger partial charge in [0.2, 0.25) is 0 Å². The molecule has 5 rings (SSSR count). The van der Waals surface area contributed by atoms with Gasteiger partial charge in [-0.25, -0.2) is 4.98 Å². The number of nitrogens with zero attached hydrogens (tertiary/aromatic N) is 3. The predicted octanol–water partition coefficient (Wildman–Crippen LogP) is 3.81. The number of piperazine rings is 1. The SMILES string of the molecule is O=C(c1cccc(OCC2CCCO2)c1)N1CCN(Cc2nc3ccccc3s2)CC1. The van der Waals surface area contributed by atoms with Gasteiger partial charge >= 0.3 is 0 Å². The number of hydrogen-bond donors (Lipinski definition) is 0. The summed E-state index contributed by atoms with van der Waals surface area (Å²) in [6.45, 7) is 5.37. The van der Waals surface area contributed by atoms with E-state index in [0.717, 1.165) is 68.4 Å². The number of carbonyl (C=O) groups excluding carboxylic acids is 1. The van der Waals surface area contributed by atoms with Crippen LogP contribution in [0.4, 0.5) is 0 Å². The van der Waals surface area contributed by atoms with Gasteiger partial charge in [0.15, 0.2) is 0 Å². The van der Waals surface area contributed by atoms with E-state index < -0.39 is 0 Å². The molecule has 0 spiro atoms. The molecule has 1 unspecified atom stereocenters. The Bertz CT molecular complexity index is 1010. The zero-order valence-electron chi connectivity index (χ0n) is 17.5. The average Bonchev–Trinajstić information content (AvgIpc) is 3.47. The van der Waals surface area contributed by atoms with E-state index in [9.17, 15) is 4.79 Å². The first-order valence-electron chi connectivity index (χ1n) is 11.0. The predicted molar refractivity (Wildman–Crippen MR) is 122 cm³/mol. The van der Waals surface area contributed by atoms with Crippen molar-refractivity contribution in [2.24, 2.45) is 0 Å². The normalized spacial score (nSPS) is 19.7. The molecule has 0 aliphatic carbocycles. The van der Waals surface area contributed by atoms with Gasteiger partial charge in [-0.15, -0.1) is 11.3 Å². The van der Waals surface area contributed by atoms with Gasteiger partial charge in [-0.2, -0.15) is 0 Å². The maximum absolute atomic E-state index is 13.0. The molecule has 0 bridgehead atoms. The second-order valence-electron chi connectivity index (χ2n) is 8.12. The van der Waals surface area contributed by atoms with Crippen molar-refractivity contribution in [3.05, 3.63) is 59.1 Å². The number of amides is 1. The van der Waals surface area contributed by atoms with E-state index in [0.29, 0.717) is 12.2 Å². The van der Waals surface area contributed by atoms with Crippen LogP contribution in [0, 0.1) is 0 Å². The highest BCUT2D eigenvalue weighted by molar-refractivity contribution is 7.18. The van der Waals surface area contributed by atoms with E-state index in [-0.39, 0.29) is 12.0 Å². The van der Waals surface area contributed by atoms with Crippen molar-refractivity contribution < 1.29 is 14.3 Å². The molecule has 1 amide bonds. The van der Waals surface area contributed by atoms with Gasteiger partial charge in [0.05, 0.1) is 22.9 Å². The first-order chi connectivity index (χ1) is 15.2. The van der Waals surface area contributed by atoms with Crippen molar-refractivity contribution in [2.75, 3.05) is 39.4 Å². The molecule has 31 heavy (non-hydrogen) atoms. The third kappa shape index (κ3) is 4.89. The van der Waals surface area contributed by atoms with Gasteiger partial charge in [0.25, 0.3) is 5.91 Å². The lowest BCUT2D eigenvalue weighted by Crippen LogP contribution is -2.48. The molecule has 2 aliphatic heterocycles. The quantitative estimate of drug-likeness (QED) is 0.587. The largest absolute Gasteiger partial charge is 0.491 e. The summed E-state index contributed by atoms with van der Waals surface area (Å²) >= 11 is 1.75. The standard InChI is InChI=1S/C24H27N3O3S/c28-24(18-5-3-6-19(15-18)30-17-20-7-4-14-29-20)27-12-10-26(11-13-27)16-23-25-21-8-1-2-9-22(21)31-23/h1-3,5-6,8-9,15,20H,4,7,10-14,16-17H2. The molecule has 1 aromatic heterocycles. The number of carbonyl (C=O) groups is 1. The lowest BCUT2D eigenvalue weighted by Gasteiger charge is -2.34. The van der Waals surface area contributed by atoms with Crippen molar-refractivity contribution in [1.82, 2.24) is 14.8 Å². The van der Waals surface area contributed by atoms with Crippen LogP contribution in [0.2, 0.25) is 0 Å². The first-order valence-corrected chi connectivity index (χ1v) is 11.8. The van der Waals surface area contributed by atoms with E-state index in [1.54, 1.807) is 11.3 Å². The molecule has 2 fully saturated rings. The van der Waals surface area contributed by atoms with E-state index >= 15 is 0 Å². The summed E-state index contributed by atoms with van der Waals surface area (Å²) < 4.78 is 12.7. The lowest BCUT2D eigenvalue weighted by atomic mass is 10.1. The zero-order valence-corrected chi connectivity index (χ0v) is 18.4. The fraction of sp³-hybridized carbons (Fsp3) is 0.417. The van der Waals surface area contributed by atoms with Gasteiger partial charge in [0, 0.05) is 38.3 Å². The summed E-state index contributed by atoms with van der Waals surface area (Å²) in [5, 5.41) is 1.14. The van der Waals surface area contributed by atoms with Crippen molar-refractivity contribution in [3.8, 4) is 5.75 Å². The van der Waals surface area contributed by atoms with Crippen LogP contribution in [0.15, 0.2) is 48.5 Å². The number of para-hydroxylation sites is 1. The highest BCUT2D eigenvalue weighted by Crippen LogP contribution is 2.23. The Balaban J connectivity index is 1.14. The summed E-state index contributed by atoms with van der Waals surface area (Å²) in [6, 6.07) is 15.8. The van der Waals surface area contributed by atoms with Crippen LogP contribution < -0.4 is 4.74 Å². The minimum atomic E-state index is 0.0715. The number of benzene rings is 2. The van der Waals surface area contributed by atoms with Crippen LogP contribution in [-0.2, 0) is 11.3 Å². The third-order valence-electron chi connectivity index (χ3n) is 5.90. The minimum absolute atomic E-state index is 0.0715. The topological polar surface area (TPSA) is 54.9 Å². The molecule has 7 heteroatoms. The Hall–Kier alpha value is -2.48. The molecule has 3 aromatic rings. The molecule has 6 nitrogen and oxygen atoms in total. The molecule has 3 heterocycles. The summed E-state index contributed by atoms with van der Waals surface area (Å²) in [6.07, 6.45) is 2.31. The zero-order chi connectivity index (χ0) is 21.0. The fourth-order valence-electron chi connectivity index (χ4n) is 4.15. The third-order valence-corrected chi connectivity index (χ3v) is 6.92. The number of rotatable bonds is 6. The molecule has 0 radical (unpaired) electrons. The molecule has 0 N–H and O–H groups in total. The van der Waals surface area contributed by atoms with Crippen LogP contribution in [0.3, 0.4) is 0 Å². The molecule has 162 valence electrons. The second-order valence-corrected chi connectivity index (χ2v) is 9.23. The lowest BCUT2D eigenvalue weighted by molar-refractivity contribution is 0.0625. The maximum atomic E-state index is 13.0. The number of fused-ring (bicyclic) bond motifs is 1. The minimum Gasteiger partial charge on any atom is -0.491 e. The summed E-state index contributed by atoms with van der Waals surface area (Å²) in [5.41, 5.74) is 1.75. The van der Waals surface area contributed by atoms with Gasteiger partial charge in [-0.1, -0.05) is 18.2 Å². The number of thiazole rings is 1. The molecule has 1 atom stereocenters. The Morgan fingerprint density at radius 1 is 1.13 bits per heavy atom. The van der Waals surface area contributed by atoms with Crippen LogP contribution in [0.1, 0.15) is 28.2 Å². The van der Waals surface area contributed by atoms with E-state index in [4.69, 9.17) is 14.5 Å².